The van der Waals surface area contributed by atoms with Gasteiger partial charge in [-0.2, -0.15) is 0 Å². The van der Waals surface area contributed by atoms with Crippen molar-refractivity contribution in [2.24, 2.45) is 0 Å². The molecule has 41 heavy (non-hydrogen) atoms. The van der Waals surface area contributed by atoms with E-state index < -0.39 is 6.09 Å². The average Bonchev–Trinajstić information content (AvgIpc) is 3.44. The molecule has 5 nitrogen and oxygen atoms in total. The highest BCUT2D eigenvalue weighted by Crippen LogP contribution is 2.39. The van der Waals surface area contributed by atoms with Crippen LogP contribution >= 0.6 is 0 Å². The molecule has 1 heterocycles. The molecule has 0 bridgehead atoms. The van der Waals surface area contributed by atoms with Crippen LogP contribution in [0.25, 0.3) is 21.9 Å². The summed E-state index contributed by atoms with van der Waals surface area (Å²) in [5.41, 5.74) is 4.53. The van der Waals surface area contributed by atoms with Crippen LogP contribution in [0.3, 0.4) is 0 Å². The fourth-order valence-corrected chi connectivity index (χ4v) is 7.06. The summed E-state index contributed by atoms with van der Waals surface area (Å²) in [5.74, 6) is 0. The minimum atomic E-state index is -0.875. The van der Waals surface area contributed by atoms with Gasteiger partial charge in [0.15, 0.2) is 0 Å². The van der Waals surface area contributed by atoms with E-state index >= 15 is 0 Å². The van der Waals surface area contributed by atoms with Crippen molar-refractivity contribution in [1.29, 1.82) is 0 Å². The van der Waals surface area contributed by atoms with E-state index in [-0.39, 0.29) is 24.2 Å². The first-order chi connectivity index (χ1) is 20.1. The predicted molar refractivity (Wildman–Crippen MR) is 165 cm³/mol. The third-order valence-corrected chi connectivity index (χ3v) is 9.14. The van der Waals surface area contributed by atoms with E-state index in [1.807, 2.05) is 31.2 Å². The van der Waals surface area contributed by atoms with E-state index in [0.717, 1.165) is 47.8 Å². The quantitative estimate of drug-likeness (QED) is 0.241. The number of carboxylic acid groups (broad SMARTS) is 1. The number of amides is 1. The minimum absolute atomic E-state index is 0.161. The standard InChI is InChI=1S/C36H40N2O3/c1-26(31-16-10-14-30-13-6-7-15-32(30)31)38(36(39)40)35-33(37-23-8-3-9-24-37)21-22-34(35)41-25-27-17-19-29(20-18-27)28-11-4-2-5-12-28/h2,4-7,10-20,26,33-35H,3,8-9,21-25H2,1H3,(H,39,40)/t26-,33+,34-,35?/m0/s1. The second kappa shape index (κ2) is 12.5. The van der Waals surface area contributed by atoms with E-state index in [2.05, 4.69) is 77.7 Å². The van der Waals surface area contributed by atoms with Crippen LogP contribution in [0.2, 0.25) is 0 Å². The third-order valence-electron chi connectivity index (χ3n) is 9.14. The molecule has 1 aliphatic heterocycles. The number of piperidine rings is 1. The van der Waals surface area contributed by atoms with Crippen LogP contribution in [0.4, 0.5) is 4.79 Å². The topological polar surface area (TPSA) is 53.0 Å². The fourth-order valence-electron chi connectivity index (χ4n) is 7.06. The first-order valence-corrected chi connectivity index (χ1v) is 15.1. The van der Waals surface area contributed by atoms with Gasteiger partial charge in [-0.1, -0.05) is 103 Å². The molecule has 1 saturated heterocycles. The second-order valence-corrected chi connectivity index (χ2v) is 11.6. The Balaban J connectivity index is 1.27. The minimum Gasteiger partial charge on any atom is -0.465 e. The van der Waals surface area contributed by atoms with Gasteiger partial charge in [0.2, 0.25) is 0 Å². The molecule has 1 N–H and O–H groups in total. The molecule has 4 atom stereocenters. The van der Waals surface area contributed by atoms with Gasteiger partial charge >= 0.3 is 6.09 Å². The van der Waals surface area contributed by atoms with Gasteiger partial charge in [0, 0.05) is 6.04 Å². The maximum atomic E-state index is 13.1. The van der Waals surface area contributed by atoms with Crippen LogP contribution in [0, 0.1) is 0 Å². The fraction of sp³-hybridized carbons (Fsp3) is 0.361. The summed E-state index contributed by atoms with van der Waals surface area (Å²) < 4.78 is 6.64. The number of carbonyl (C=O) groups is 1. The van der Waals surface area contributed by atoms with Gasteiger partial charge in [-0.05, 0) is 78.7 Å². The van der Waals surface area contributed by atoms with Crippen molar-refractivity contribution in [1.82, 2.24) is 9.80 Å². The molecule has 4 aromatic rings. The lowest BCUT2D eigenvalue weighted by molar-refractivity contribution is -0.0330. The molecule has 4 aromatic carbocycles. The summed E-state index contributed by atoms with van der Waals surface area (Å²) in [7, 11) is 0. The third kappa shape index (κ3) is 5.88. The van der Waals surface area contributed by atoms with Gasteiger partial charge in [0.1, 0.15) is 0 Å². The first-order valence-electron chi connectivity index (χ1n) is 15.1. The molecule has 0 spiro atoms. The molecule has 0 radical (unpaired) electrons. The summed E-state index contributed by atoms with van der Waals surface area (Å²) in [4.78, 5) is 17.4. The molecule has 5 heteroatoms. The number of nitrogens with zero attached hydrogens (tertiary/aromatic N) is 2. The number of hydrogen-bond acceptors (Lipinski definition) is 3. The number of likely N-dealkylation sites (tertiary alicyclic amines) is 1. The van der Waals surface area contributed by atoms with Crippen molar-refractivity contribution in [3.05, 3.63) is 108 Å². The smallest absolute Gasteiger partial charge is 0.408 e. The van der Waals surface area contributed by atoms with Gasteiger partial charge in [-0.25, -0.2) is 4.79 Å². The van der Waals surface area contributed by atoms with Crippen LogP contribution in [0.1, 0.15) is 56.2 Å². The largest absolute Gasteiger partial charge is 0.465 e. The van der Waals surface area contributed by atoms with Crippen molar-refractivity contribution in [3.63, 3.8) is 0 Å². The molecule has 2 aliphatic rings. The van der Waals surface area contributed by atoms with Crippen LogP contribution in [-0.4, -0.2) is 52.3 Å². The SMILES string of the molecule is C[C@@H](c1cccc2ccccc12)N(C(=O)O)C1[C@@H](OCc2ccc(-c3ccccc3)cc2)CC[C@H]1N1CCCCC1. The van der Waals surface area contributed by atoms with Crippen LogP contribution in [0.15, 0.2) is 97.1 Å². The van der Waals surface area contributed by atoms with Crippen molar-refractivity contribution in [2.75, 3.05) is 13.1 Å². The summed E-state index contributed by atoms with van der Waals surface area (Å²) in [5, 5.41) is 13.0. The molecule has 6 rings (SSSR count). The summed E-state index contributed by atoms with van der Waals surface area (Å²) in [6, 6.07) is 33.0. The Morgan fingerprint density at radius 2 is 1.54 bits per heavy atom. The van der Waals surface area contributed by atoms with Gasteiger partial charge in [-0.15, -0.1) is 0 Å². The zero-order valence-electron chi connectivity index (χ0n) is 23.9. The highest BCUT2D eigenvalue weighted by molar-refractivity contribution is 5.86. The van der Waals surface area contributed by atoms with Gasteiger partial charge in [-0.3, -0.25) is 9.80 Å². The molecule has 212 valence electrons. The number of hydrogen-bond donors (Lipinski definition) is 1. The molecule has 1 aliphatic carbocycles. The molecule has 1 unspecified atom stereocenters. The number of fused-ring (bicyclic) bond motifs is 1. The van der Waals surface area contributed by atoms with E-state index in [9.17, 15) is 9.90 Å². The Morgan fingerprint density at radius 3 is 2.29 bits per heavy atom. The Hall–Kier alpha value is -3.67. The predicted octanol–water partition coefficient (Wildman–Crippen LogP) is 8.15. The van der Waals surface area contributed by atoms with Crippen LogP contribution in [-0.2, 0) is 11.3 Å². The lowest BCUT2D eigenvalue weighted by atomic mass is 9.95. The van der Waals surface area contributed by atoms with Crippen molar-refractivity contribution < 1.29 is 14.6 Å². The second-order valence-electron chi connectivity index (χ2n) is 11.6. The van der Waals surface area contributed by atoms with Crippen molar-refractivity contribution in [3.8, 4) is 11.1 Å². The number of benzene rings is 4. The van der Waals surface area contributed by atoms with E-state index in [0.29, 0.717) is 6.61 Å². The molecular weight excluding hydrogens is 508 g/mol. The number of ether oxygens (including phenoxy) is 1. The lowest BCUT2D eigenvalue weighted by Gasteiger charge is -2.43. The molecule has 2 fully saturated rings. The van der Waals surface area contributed by atoms with Gasteiger partial charge < -0.3 is 9.84 Å². The Kier molecular flexibility index (Phi) is 8.36. The summed E-state index contributed by atoms with van der Waals surface area (Å²) in [6.07, 6.45) is 4.38. The van der Waals surface area contributed by atoms with E-state index in [1.54, 1.807) is 4.90 Å². The highest BCUT2D eigenvalue weighted by atomic mass is 16.5. The molecule has 1 saturated carbocycles. The Labute approximate surface area is 243 Å². The van der Waals surface area contributed by atoms with Crippen molar-refractivity contribution in [2.45, 2.75) is 69.9 Å². The normalized spacial score (nSPS) is 22.0. The van der Waals surface area contributed by atoms with Crippen molar-refractivity contribution >= 4 is 16.9 Å². The van der Waals surface area contributed by atoms with Gasteiger partial charge in [0.05, 0.1) is 24.8 Å². The molecule has 0 aromatic heterocycles. The maximum Gasteiger partial charge on any atom is 0.408 e. The van der Waals surface area contributed by atoms with Crippen LogP contribution < -0.4 is 0 Å². The highest BCUT2D eigenvalue weighted by Gasteiger charge is 2.47. The molecule has 1 amide bonds. The Morgan fingerprint density at radius 1 is 0.854 bits per heavy atom. The van der Waals surface area contributed by atoms with Gasteiger partial charge in [0.25, 0.3) is 0 Å². The lowest BCUT2D eigenvalue weighted by Crippen LogP contribution is -2.56. The zero-order valence-corrected chi connectivity index (χ0v) is 23.9. The van der Waals surface area contributed by atoms with Crippen LogP contribution in [0.5, 0.6) is 0 Å². The first kappa shape index (κ1) is 27.5. The monoisotopic (exact) mass is 548 g/mol. The molecular formula is C36H40N2O3. The summed E-state index contributed by atoms with van der Waals surface area (Å²) >= 11 is 0. The number of rotatable bonds is 8. The summed E-state index contributed by atoms with van der Waals surface area (Å²) in [6.45, 7) is 4.58. The van der Waals surface area contributed by atoms with E-state index in [4.69, 9.17) is 4.74 Å². The average molecular weight is 549 g/mol. The Bertz CT molecular complexity index is 1440. The maximum absolute atomic E-state index is 13.1. The zero-order chi connectivity index (χ0) is 28.2. The van der Waals surface area contributed by atoms with E-state index in [1.165, 1.54) is 30.4 Å².